The normalized spacial score (nSPS) is 16.9. The van der Waals surface area contributed by atoms with Crippen LogP contribution in [-0.4, -0.2) is 51.2 Å². The average Bonchev–Trinajstić information content (AvgIpc) is 2.59. The van der Waals surface area contributed by atoms with Crippen molar-refractivity contribution in [1.82, 2.24) is 9.62 Å². The average molecular weight is 375 g/mol. The standard InChI is InChI=1S/C16H23ClN2O4S/c1-23-10-11-24(21,22)19-8-6-13(7-9-19)16(20)18-12-14-4-2-3-5-15(14)17/h2-5,13H,6-12H2,1H3,(H,18,20). The van der Waals surface area contributed by atoms with Gasteiger partial charge in [0.1, 0.15) is 0 Å². The first-order chi connectivity index (χ1) is 11.4. The Hall–Kier alpha value is -1.15. The van der Waals surface area contributed by atoms with Crippen LogP contribution in [-0.2, 0) is 26.1 Å². The summed E-state index contributed by atoms with van der Waals surface area (Å²) in [6.07, 6.45) is 1.06. The topological polar surface area (TPSA) is 75.7 Å². The third-order valence-corrected chi connectivity index (χ3v) is 6.38. The van der Waals surface area contributed by atoms with Gasteiger partial charge in [0.25, 0.3) is 0 Å². The van der Waals surface area contributed by atoms with E-state index in [0.717, 1.165) is 5.56 Å². The number of methoxy groups -OCH3 is 1. The van der Waals surface area contributed by atoms with Crippen molar-refractivity contribution in [3.05, 3.63) is 34.9 Å². The lowest BCUT2D eigenvalue weighted by Gasteiger charge is -2.30. The maximum Gasteiger partial charge on any atom is 0.223 e. The second-order valence-corrected chi connectivity index (χ2v) is 8.29. The van der Waals surface area contributed by atoms with Gasteiger partial charge in [0.05, 0.1) is 12.4 Å². The number of halogens is 1. The summed E-state index contributed by atoms with van der Waals surface area (Å²) in [5, 5.41) is 3.51. The van der Waals surface area contributed by atoms with Crippen molar-refractivity contribution >= 4 is 27.5 Å². The van der Waals surface area contributed by atoms with Crippen LogP contribution in [0.2, 0.25) is 5.02 Å². The fraction of sp³-hybridized carbons (Fsp3) is 0.562. The third kappa shape index (κ3) is 5.17. The van der Waals surface area contributed by atoms with E-state index in [-0.39, 0.29) is 24.2 Å². The van der Waals surface area contributed by atoms with E-state index in [0.29, 0.717) is 37.5 Å². The molecule has 1 N–H and O–H groups in total. The highest BCUT2D eigenvalue weighted by Crippen LogP contribution is 2.21. The van der Waals surface area contributed by atoms with E-state index >= 15 is 0 Å². The summed E-state index contributed by atoms with van der Waals surface area (Å²) in [5.74, 6) is -0.238. The molecule has 0 aromatic heterocycles. The summed E-state index contributed by atoms with van der Waals surface area (Å²) < 4.78 is 30.5. The minimum Gasteiger partial charge on any atom is -0.384 e. The number of rotatable bonds is 7. The molecule has 1 heterocycles. The molecule has 0 unspecified atom stereocenters. The van der Waals surface area contributed by atoms with Gasteiger partial charge in [-0.05, 0) is 24.5 Å². The predicted octanol–water partition coefficient (Wildman–Crippen LogP) is 1.64. The zero-order chi connectivity index (χ0) is 17.6. The quantitative estimate of drug-likeness (QED) is 0.787. The Balaban J connectivity index is 1.81. The summed E-state index contributed by atoms with van der Waals surface area (Å²) in [7, 11) is -1.82. The summed E-state index contributed by atoms with van der Waals surface area (Å²) in [4.78, 5) is 12.3. The first-order valence-corrected chi connectivity index (χ1v) is 9.90. The van der Waals surface area contributed by atoms with Crippen molar-refractivity contribution in [2.75, 3.05) is 32.6 Å². The number of nitrogens with one attached hydrogen (secondary N) is 1. The molecule has 8 heteroatoms. The minimum absolute atomic E-state index is 0.0210. The van der Waals surface area contributed by atoms with E-state index in [1.54, 1.807) is 6.07 Å². The van der Waals surface area contributed by atoms with Crippen LogP contribution in [0.15, 0.2) is 24.3 Å². The summed E-state index contributed by atoms with van der Waals surface area (Å²) >= 11 is 6.07. The van der Waals surface area contributed by atoms with Gasteiger partial charge in [0.15, 0.2) is 0 Å². The van der Waals surface area contributed by atoms with Crippen LogP contribution in [0.3, 0.4) is 0 Å². The van der Waals surface area contributed by atoms with Crippen molar-refractivity contribution in [1.29, 1.82) is 0 Å². The molecule has 6 nitrogen and oxygen atoms in total. The first-order valence-electron chi connectivity index (χ1n) is 7.92. The lowest BCUT2D eigenvalue weighted by atomic mass is 9.97. The molecule has 1 amide bonds. The number of benzene rings is 1. The number of hydrogen-bond donors (Lipinski definition) is 1. The molecule has 0 bridgehead atoms. The minimum atomic E-state index is -3.30. The monoisotopic (exact) mass is 374 g/mol. The van der Waals surface area contributed by atoms with Gasteiger partial charge in [0.2, 0.25) is 15.9 Å². The van der Waals surface area contributed by atoms with Crippen LogP contribution >= 0.6 is 11.6 Å². The van der Waals surface area contributed by atoms with Gasteiger partial charge in [-0.3, -0.25) is 4.79 Å². The van der Waals surface area contributed by atoms with Gasteiger partial charge in [-0.1, -0.05) is 29.8 Å². The van der Waals surface area contributed by atoms with Crippen molar-refractivity contribution < 1.29 is 17.9 Å². The molecule has 0 spiro atoms. The highest BCUT2D eigenvalue weighted by atomic mass is 35.5. The molecule has 1 aliphatic rings. The molecular weight excluding hydrogens is 352 g/mol. The van der Waals surface area contributed by atoms with Crippen molar-refractivity contribution in [3.63, 3.8) is 0 Å². The van der Waals surface area contributed by atoms with E-state index in [4.69, 9.17) is 16.3 Å². The summed E-state index contributed by atoms with van der Waals surface area (Å²) in [5.41, 5.74) is 0.868. The molecule has 0 radical (unpaired) electrons. The number of hydrogen-bond acceptors (Lipinski definition) is 4. The van der Waals surface area contributed by atoms with Crippen molar-refractivity contribution in [3.8, 4) is 0 Å². The van der Waals surface area contributed by atoms with Crippen LogP contribution in [0.25, 0.3) is 0 Å². The number of nitrogens with zero attached hydrogens (tertiary/aromatic N) is 1. The van der Waals surface area contributed by atoms with Gasteiger partial charge in [-0.2, -0.15) is 0 Å². The molecule has 0 saturated carbocycles. The molecule has 134 valence electrons. The van der Waals surface area contributed by atoms with Gasteiger partial charge in [-0.15, -0.1) is 0 Å². The molecule has 0 aliphatic carbocycles. The second kappa shape index (κ2) is 8.80. The highest BCUT2D eigenvalue weighted by molar-refractivity contribution is 7.89. The van der Waals surface area contributed by atoms with Gasteiger partial charge >= 0.3 is 0 Å². The van der Waals surface area contributed by atoms with Gasteiger partial charge in [0, 0.05) is 37.7 Å². The van der Waals surface area contributed by atoms with Crippen LogP contribution < -0.4 is 5.32 Å². The Bertz CT molecular complexity index is 658. The smallest absolute Gasteiger partial charge is 0.223 e. The first kappa shape index (κ1) is 19.2. The number of ether oxygens (including phenoxy) is 1. The Labute approximate surface area is 148 Å². The Morgan fingerprint density at radius 2 is 2.00 bits per heavy atom. The molecule has 2 rings (SSSR count). The summed E-state index contributed by atoms with van der Waals surface area (Å²) in [6, 6.07) is 7.37. The molecule has 1 aliphatic heterocycles. The molecule has 1 fully saturated rings. The zero-order valence-corrected chi connectivity index (χ0v) is 15.3. The molecule has 1 aromatic carbocycles. The Morgan fingerprint density at radius 1 is 1.33 bits per heavy atom. The Kier molecular flexibility index (Phi) is 7.03. The van der Waals surface area contributed by atoms with Gasteiger partial charge < -0.3 is 10.1 Å². The number of carbonyl (C=O) groups is 1. The van der Waals surface area contributed by atoms with Crippen molar-refractivity contribution in [2.45, 2.75) is 19.4 Å². The van der Waals surface area contributed by atoms with Crippen LogP contribution in [0.1, 0.15) is 18.4 Å². The zero-order valence-electron chi connectivity index (χ0n) is 13.7. The highest BCUT2D eigenvalue weighted by Gasteiger charge is 2.30. The fourth-order valence-corrected chi connectivity index (χ4v) is 4.29. The predicted molar refractivity (Wildman–Crippen MR) is 93.3 cm³/mol. The molecule has 0 atom stereocenters. The molecule has 24 heavy (non-hydrogen) atoms. The lowest BCUT2D eigenvalue weighted by molar-refractivity contribution is -0.126. The number of carbonyl (C=O) groups excluding carboxylic acids is 1. The van der Waals surface area contributed by atoms with E-state index < -0.39 is 10.0 Å². The Morgan fingerprint density at radius 3 is 2.62 bits per heavy atom. The van der Waals surface area contributed by atoms with Crippen molar-refractivity contribution in [2.24, 2.45) is 5.92 Å². The van der Waals surface area contributed by atoms with Crippen LogP contribution in [0.5, 0.6) is 0 Å². The molecular formula is C16H23ClN2O4S. The maximum atomic E-state index is 12.3. The van der Waals surface area contributed by atoms with E-state index in [9.17, 15) is 13.2 Å². The van der Waals surface area contributed by atoms with E-state index in [2.05, 4.69) is 5.32 Å². The largest absolute Gasteiger partial charge is 0.384 e. The third-order valence-electron chi connectivity index (χ3n) is 4.17. The fourth-order valence-electron chi connectivity index (χ4n) is 2.68. The SMILES string of the molecule is COCCS(=O)(=O)N1CCC(C(=O)NCc2ccccc2Cl)CC1. The molecule has 1 saturated heterocycles. The lowest BCUT2D eigenvalue weighted by Crippen LogP contribution is -2.44. The number of sulfonamides is 1. The van der Waals surface area contributed by atoms with Crippen LogP contribution in [0, 0.1) is 5.92 Å². The second-order valence-electron chi connectivity index (χ2n) is 5.79. The number of amides is 1. The summed E-state index contributed by atoms with van der Waals surface area (Å²) in [6.45, 7) is 1.30. The van der Waals surface area contributed by atoms with E-state index in [1.807, 2.05) is 18.2 Å². The number of piperidine rings is 1. The van der Waals surface area contributed by atoms with E-state index in [1.165, 1.54) is 11.4 Å². The van der Waals surface area contributed by atoms with Crippen LogP contribution in [0.4, 0.5) is 0 Å². The molecule has 1 aromatic rings. The van der Waals surface area contributed by atoms with Gasteiger partial charge in [-0.25, -0.2) is 12.7 Å². The maximum absolute atomic E-state index is 12.3.